The maximum absolute atomic E-state index is 13.1. The molecule has 8 nitrogen and oxygen atoms in total. The van der Waals surface area contributed by atoms with E-state index < -0.39 is 11.4 Å². The van der Waals surface area contributed by atoms with E-state index in [0.29, 0.717) is 42.7 Å². The maximum atomic E-state index is 13.1. The molecule has 1 aliphatic heterocycles. The molecule has 10 atom stereocenters. The van der Waals surface area contributed by atoms with Crippen molar-refractivity contribution in [1.29, 1.82) is 0 Å². The number of allylic oxidation sites excluding steroid dienone is 1. The fourth-order valence-corrected chi connectivity index (χ4v) is 14.4. The van der Waals surface area contributed by atoms with E-state index in [9.17, 15) is 19.5 Å². The van der Waals surface area contributed by atoms with Gasteiger partial charge in [-0.3, -0.25) is 19.3 Å². The molecule has 6 fully saturated rings. The Morgan fingerprint density at radius 3 is 2.13 bits per heavy atom. The molecule has 53 heavy (non-hydrogen) atoms. The van der Waals surface area contributed by atoms with Gasteiger partial charge in [-0.1, -0.05) is 53.7 Å². The van der Waals surface area contributed by atoms with Crippen LogP contribution < -0.4 is 0 Å². The van der Waals surface area contributed by atoms with E-state index >= 15 is 0 Å². The van der Waals surface area contributed by atoms with Crippen molar-refractivity contribution in [3.63, 3.8) is 0 Å². The van der Waals surface area contributed by atoms with Crippen LogP contribution in [0.4, 0.5) is 0 Å². The number of nitrogens with zero attached hydrogens (tertiary/aromatic N) is 2. The number of piperazine rings is 1. The average Bonchev–Trinajstić information content (AvgIpc) is 3.46. The third-order valence-corrected chi connectivity index (χ3v) is 17.7. The van der Waals surface area contributed by atoms with Crippen molar-refractivity contribution in [3.8, 4) is 0 Å². The summed E-state index contributed by atoms with van der Waals surface area (Å²) in [5.74, 6) is 1.38. The number of aliphatic carboxylic acids is 1. The average molecular weight is 739 g/mol. The van der Waals surface area contributed by atoms with Gasteiger partial charge in [-0.05, 0) is 149 Å². The first-order valence-corrected chi connectivity index (χ1v) is 21.4. The molecule has 0 aromatic rings. The second kappa shape index (κ2) is 14.5. The SMILES string of the molecule is C=C(C)[C@@H]1CC[C@]2(CCOC(=O)CN3CCN(CC)CC3)CC[C@]3(C)[C@H](CC[C@@H]4[C@@]5(C)CC[C@H](OC(=O)CC(C)(C)C(=O)O)C(C)(C)[C@@H]5CC[C@]43C)[C@@H]12. The third-order valence-electron chi connectivity index (χ3n) is 17.7. The molecule has 1 N–H and O–H groups in total. The lowest BCUT2D eigenvalue weighted by Gasteiger charge is -2.73. The second-order valence-electron chi connectivity index (χ2n) is 20.9. The smallest absolute Gasteiger partial charge is 0.320 e. The van der Waals surface area contributed by atoms with Crippen LogP contribution in [0.2, 0.25) is 0 Å². The summed E-state index contributed by atoms with van der Waals surface area (Å²) in [7, 11) is 0. The number of carbonyl (C=O) groups is 3. The summed E-state index contributed by atoms with van der Waals surface area (Å²) >= 11 is 0. The van der Waals surface area contributed by atoms with E-state index in [-0.39, 0.29) is 51.5 Å². The van der Waals surface area contributed by atoms with Gasteiger partial charge in [0.15, 0.2) is 0 Å². The molecule has 1 saturated heterocycles. The van der Waals surface area contributed by atoms with E-state index in [1.807, 2.05) is 0 Å². The van der Waals surface area contributed by atoms with E-state index in [1.165, 1.54) is 50.5 Å². The zero-order valence-corrected chi connectivity index (χ0v) is 35.0. The molecule has 5 aliphatic carbocycles. The van der Waals surface area contributed by atoms with Gasteiger partial charge < -0.3 is 19.5 Å². The Hall–Kier alpha value is -1.93. The lowest BCUT2D eigenvalue weighted by Crippen LogP contribution is -2.66. The van der Waals surface area contributed by atoms with Crippen molar-refractivity contribution in [3.05, 3.63) is 12.2 Å². The standard InChI is InChI=1S/C45H74N2O6/c1-11-46-23-25-47(26-24-46)29-37(49)52-27-22-45-19-14-31(30(2)3)38(45)32-12-13-34-42(8)17-16-35(53-36(48)28-40(4,5)39(50)51)41(6,7)33(42)15-18-44(34,10)43(32,9)20-21-45/h31-35,38H,2,11-29H2,1,3-10H3,(H,50,51)/t31-,32+,33-,34+,35-,38+,42-,43+,44+,45+/m0/s1. The summed E-state index contributed by atoms with van der Waals surface area (Å²) in [5.41, 5.74) is 0.827. The van der Waals surface area contributed by atoms with Crippen LogP contribution in [0.15, 0.2) is 12.2 Å². The Morgan fingerprint density at radius 1 is 0.811 bits per heavy atom. The highest BCUT2D eigenvalue weighted by molar-refractivity contribution is 5.81. The Balaban J connectivity index is 1.16. The molecule has 0 bridgehead atoms. The monoisotopic (exact) mass is 739 g/mol. The molecular formula is C45H74N2O6. The zero-order valence-electron chi connectivity index (χ0n) is 35.0. The number of esters is 2. The van der Waals surface area contributed by atoms with Gasteiger partial charge in [0.1, 0.15) is 6.10 Å². The molecule has 6 aliphatic rings. The van der Waals surface area contributed by atoms with Crippen molar-refractivity contribution in [2.24, 2.45) is 62.1 Å². The molecule has 0 radical (unpaired) electrons. The number of hydrogen-bond donors (Lipinski definition) is 1. The first-order valence-electron chi connectivity index (χ1n) is 21.4. The van der Waals surface area contributed by atoms with Crippen LogP contribution in [-0.4, -0.2) is 84.8 Å². The number of hydrogen-bond acceptors (Lipinski definition) is 7. The van der Waals surface area contributed by atoms with Crippen molar-refractivity contribution in [2.75, 3.05) is 45.9 Å². The van der Waals surface area contributed by atoms with Crippen LogP contribution in [0.1, 0.15) is 139 Å². The van der Waals surface area contributed by atoms with E-state index in [4.69, 9.17) is 9.47 Å². The summed E-state index contributed by atoms with van der Waals surface area (Å²) in [6, 6.07) is 0. The molecule has 0 aromatic heterocycles. The van der Waals surface area contributed by atoms with Crippen LogP contribution in [0, 0.1) is 62.1 Å². The van der Waals surface area contributed by atoms with E-state index in [0.717, 1.165) is 58.4 Å². The molecular weight excluding hydrogens is 665 g/mol. The summed E-state index contributed by atoms with van der Waals surface area (Å²) < 4.78 is 12.2. The topological polar surface area (TPSA) is 96.4 Å². The van der Waals surface area contributed by atoms with E-state index in [2.05, 4.69) is 64.8 Å². The number of rotatable bonds is 11. The number of carbonyl (C=O) groups excluding carboxylic acids is 2. The van der Waals surface area contributed by atoms with Gasteiger partial charge in [0.05, 0.1) is 25.0 Å². The summed E-state index contributed by atoms with van der Waals surface area (Å²) in [5, 5.41) is 9.62. The normalized spacial score (nSPS) is 41.3. The van der Waals surface area contributed by atoms with Crippen LogP contribution in [0.25, 0.3) is 0 Å². The first kappa shape index (κ1) is 40.7. The van der Waals surface area contributed by atoms with Crippen LogP contribution >= 0.6 is 0 Å². The Labute approximate surface area is 321 Å². The maximum Gasteiger partial charge on any atom is 0.320 e. The van der Waals surface area contributed by atoms with Gasteiger partial charge in [-0.15, -0.1) is 0 Å². The summed E-state index contributed by atoms with van der Waals surface area (Å²) in [6.07, 6.45) is 12.3. The molecule has 0 spiro atoms. The van der Waals surface area contributed by atoms with Crippen LogP contribution in [0.5, 0.6) is 0 Å². The molecule has 300 valence electrons. The molecule has 0 unspecified atom stereocenters. The van der Waals surface area contributed by atoms with Crippen molar-refractivity contribution in [2.45, 2.75) is 145 Å². The third kappa shape index (κ3) is 6.95. The number of carboxylic acids is 1. The predicted molar refractivity (Wildman–Crippen MR) is 209 cm³/mol. The quantitative estimate of drug-likeness (QED) is 0.166. The Morgan fingerprint density at radius 2 is 1.49 bits per heavy atom. The highest BCUT2D eigenvalue weighted by Gasteiger charge is 2.71. The van der Waals surface area contributed by atoms with Crippen LogP contribution in [-0.2, 0) is 23.9 Å². The predicted octanol–water partition coefficient (Wildman–Crippen LogP) is 8.63. The fourth-order valence-electron chi connectivity index (χ4n) is 14.4. The fraction of sp³-hybridized carbons (Fsp3) is 0.889. The number of carboxylic acid groups (broad SMARTS) is 1. The number of likely N-dealkylation sites (N-methyl/N-ethyl adjacent to an activating group) is 1. The van der Waals surface area contributed by atoms with Gasteiger partial charge in [0.2, 0.25) is 0 Å². The second-order valence-corrected chi connectivity index (χ2v) is 20.9. The lowest BCUT2D eigenvalue weighted by atomic mass is 9.32. The van der Waals surface area contributed by atoms with Gasteiger partial charge in [-0.2, -0.15) is 0 Å². The number of fused-ring (bicyclic) bond motifs is 7. The van der Waals surface area contributed by atoms with Crippen molar-refractivity contribution < 1.29 is 29.0 Å². The molecule has 5 saturated carbocycles. The summed E-state index contributed by atoms with van der Waals surface area (Å²) in [4.78, 5) is 42.6. The highest BCUT2D eigenvalue weighted by atomic mass is 16.5. The minimum atomic E-state index is -1.14. The Bertz CT molecular complexity index is 1420. The zero-order chi connectivity index (χ0) is 38.8. The Kier molecular flexibility index (Phi) is 11.2. The molecule has 0 amide bonds. The van der Waals surface area contributed by atoms with Gasteiger partial charge in [0.25, 0.3) is 0 Å². The summed E-state index contributed by atoms with van der Waals surface area (Å²) in [6.45, 7) is 30.7. The van der Waals surface area contributed by atoms with Gasteiger partial charge >= 0.3 is 17.9 Å². The molecule has 6 rings (SSSR count). The van der Waals surface area contributed by atoms with Crippen molar-refractivity contribution in [1.82, 2.24) is 9.80 Å². The molecule has 0 aromatic carbocycles. The molecule has 8 heteroatoms. The van der Waals surface area contributed by atoms with Crippen LogP contribution in [0.3, 0.4) is 0 Å². The van der Waals surface area contributed by atoms with Gasteiger partial charge in [-0.25, -0.2) is 0 Å². The van der Waals surface area contributed by atoms with Crippen molar-refractivity contribution >= 4 is 17.9 Å². The largest absolute Gasteiger partial charge is 0.481 e. The first-order chi connectivity index (χ1) is 24.7. The highest BCUT2D eigenvalue weighted by Crippen LogP contribution is 2.78. The van der Waals surface area contributed by atoms with E-state index in [1.54, 1.807) is 13.8 Å². The van der Waals surface area contributed by atoms with Gasteiger partial charge in [0, 0.05) is 31.6 Å². The number of ether oxygens (including phenoxy) is 2. The minimum absolute atomic E-state index is 0.0625. The minimum Gasteiger partial charge on any atom is -0.481 e. The lowest BCUT2D eigenvalue weighted by molar-refractivity contribution is -0.251. The molecule has 1 heterocycles.